The number of likely N-dealkylation sites (N-methyl/N-ethyl adjacent to an activating group) is 1. The molecule has 1 saturated carbocycles. The van der Waals surface area contributed by atoms with Crippen molar-refractivity contribution in [3.63, 3.8) is 0 Å². The van der Waals surface area contributed by atoms with Crippen molar-refractivity contribution in [2.24, 2.45) is 5.92 Å². The molecule has 1 saturated heterocycles. The standard InChI is InChI=1S/C17H23N3O3S/c1-18-8-10-19(11-9-18)24(22,23)15-4-5-16-14(12-15)6-7-20(16)17(21)13-2-3-13/h4-5,12-13H,2-3,6-11H2,1H3/p+1. The van der Waals surface area contributed by atoms with Crippen molar-refractivity contribution in [3.8, 4) is 0 Å². The Morgan fingerprint density at radius 3 is 2.54 bits per heavy atom. The minimum Gasteiger partial charge on any atom is -0.335 e. The van der Waals surface area contributed by atoms with Gasteiger partial charge < -0.3 is 9.80 Å². The number of benzene rings is 1. The average molecular weight is 350 g/mol. The molecule has 130 valence electrons. The summed E-state index contributed by atoms with van der Waals surface area (Å²) in [6.45, 7) is 3.49. The Labute approximate surface area is 143 Å². The number of hydrogen-bond donors (Lipinski definition) is 1. The molecule has 0 unspecified atom stereocenters. The van der Waals surface area contributed by atoms with E-state index in [9.17, 15) is 13.2 Å². The van der Waals surface area contributed by atoms with E-state index >= 15 is 0 Å². The number of carbonyl (C=O) groups is 1. The van der Waals surface area contributed by atoms with Gasteiger partial charge in [-0.1, -0.05) is 0 Å². The number of fused-ring (bicyclic) bond motifs is 1. The molecule has 0 aromatic heterocycles. The minimum absolute atomic E-state index is 0.187. The summed E-state index contributed by atoms with van der Waals surface area (Å²) in [6.07, 6.45) is 2.72. The topological polar surface area (TPSA) is 62.1 Å². The fourth-order valence-electron chi connectivity index (χ4n) is 3.58. The molecule has 6 nitrogen and oxygen atoms in total. The number of amides is 1. The summed E-state index contributed by atoms with van der Waals surface area (Å²) in [6, 6.07) is 5.25. The van der Waals surface area contributed by atoms with Crippen molar-refractivity contribution in [1.29, 1.82) is 0 Å². The van der Waals surface area contributed by atoms with Gasteiger partial charge in [0.15, 0.2) is 0 Å². The number of hydrogen-bond acceptors (Lipinski definition) is 3. The van der Waals surface area contributed by atoms with Gasteiger partial charge >= 0.3 is 0 Å². The predicted octanol–water partition coefficient (Wildman–Crippen LogP) is -0.495. The van der Waals surface area contributed by atoms with Crippen LogP contribution < -0.4 is 9.80 Å². The third-order valence-corrected chi connectivity index (χ3v) is 7.25. The zero-order chi connectivity index (χ0) is 16.9. The Balaban J connectivity index is 1.58. The lowest BCUT2D eigenvalue weighted by molar-refractivity contribution is -0.883. The van der Waals surface area contributed by atoms with Crippen molar-refractivity contribution in [1.82, 2.24) is 4.31 Å². The van der Waals surface area contributed by atoms with Gasteiger partial charge in [-0.05, 0) is 43.0 Å². The fourth-order valence-corrected chi connectivity index (χ4v) is 5.07. The third kappa shape index (κ3) is 2.74. The van der Waals surface area contributed by atoms with Crippen molar-refractivity contribution in [2.45, 2.75) is 24.2 Å². The van der Waals surface area contributed by atoms with Gasteiger partial charge in [0.05, 0.1) is 38.1 Å². The van der Waals surface area contributed by atoms with E-state index in [1.807, 2.05) is 11.0 Å². The number of nitrogens with zero attached hydrogens (tertiary/aromatic N) is 2. The number of rotatable bonds is 3. The lowest BCUT2D eigenvalue weighted by Crippen LogP contribution is -3.12. The van der Waals surface area contributed by atoms with E-state index in [4.69, 9.17) is 0 Å². The van der Waals surface area contributed by atoms with E-state index in [0.29, 0.717) is 24.5 Å². The number of carbonyl (C=O) groups excluding carboxylic acids is 1. The monoisotopic (exact) mass is 350 g/mol. The second-order valence-electron chi connectivity index (χ2n) is 7.17. The SMILES string of the molecule is C[NH+]1CCN(S(=O)(=O)c2ccc3c(c2)CCN3C(=O)C2CC2)CC1. The molecule has 1 aliphatic carbocycles. The summed E-state index contributed by atoms with van der Waals surface area (Å²) in [5.74, 6) is 0.388. The third-order valence-electron chi connectivity index (χ3n) is 5.35. The van der Waals surface area contributed by atoms with Crippen LogP contribution in [0.15, 0.2) is 23.1 Å². The van der Waals surface area contributed by atoms with Gasteiger partial charge in [0.25, 0.3) is 0 Å². The first-order chi connectivity index (χ1) is 11.5. The summed E-state index contributed by atoms with van der Waals surface area (Å²) in [4.78, 5) is 15.9. The molecule has 0 bridgehead atoms. The molecule has 4 rings (SSSR count). The number of anilines is 1. The molecule has 2 heterocycles. The van der Waals surface area contributed by atoms with Crippen LogP contribution in [0.4, 0.5) is 5.69 Å². The molecule has 1 aromatic carbocycles. The number of nitrogens with one attached hydrogen (secondary N) is 1. The molecule has 0 spiro atoms. The van der Waals surface area contributed by atoms with Crippen LogP contribution in [0.3, 0.4) is 0 Å². The van der Waals surface area contributed by atoms with Gasteiger partial charge in [0.1, 0.15) is 0 Å². The van der Waals surface area contributed by atoms with E-state index in [1.54, 1.807) is 16.4 Å². The predicted molar refractivity (Wildman–Crippen MR) is 90.6 cm³/mol. The Morgan fingerprint density at radius 2 is 1.88 bits per heavy atom. The minimum atomic E-state index is -3.43. The molecule has 3 aliphatic rings. The molecule has 1 amide bonds. The lowest BCUT2D eigenvalue weighted by atomic mass is 10.2. The van der Waals surface area contributed by atoms with Crippen LogP contribution in [0, 0.1) is 5.92 Å². The maximum Gasteiger partial charge on any atom is 0.243 e. The fraction of sp³-hybridized carbons (Fsp3) is 0.588. The summed E-state index contributed by atoms with van der Waals surface area (Å²) < 4.78 is 27.3. The number of sulfonamides is 1. The Hall–Kier alpha value is -1.44. The van der Waals surface area contributed by atoms with Crippen molar-refractivity contribution >= 4 is 21.6 Å². The van der Waals surface area contributed by atoms with Gasteiger partial charge in [-0.25, -0.2) is 8.42 Å². The maximum atomic E-state index is 12.9. The second-order valence-corrected chi connectivity index (χ2v) is 9.10. The summed E-state index contributed by atoms with van der Waals surface area (Å²) in [5.41, 5.74) is 1.87. The van der Waals surface area contributed by atoms with Gasteiger partial charge in [-0.2, -0.15) is 4.31 Å². The molecule has 1 aromatic rings. The van der Waals surface area contributed by atoms with E-state index in [1.165, 1.54) is 4.90 Å². The summed E-state index contributed by atoms with van der Waals surface area (Å²) >= 11 is 0. The number of quaternary nitrogens is 1. The molecular formula is C17H24N3O3S+. The molecule has 2 aliphatic heterocycles. The molecule has 24 heavy (non-hydrogen) atoms. The molecule has 7 heteroatoms. The Bertz CT molecular complexity index is 765. The highest BCUT2D eigenvalue weighted by Gasteiger charge is 2.37. The van der Waals surface area contributed by atoms with Crippen LogP contribution in [0.25, 0.3) is 0 Å². The summed E-state index contributed by atoms with van der Waals surface area (Å²) in [5, 5.41) is 0. The Kier molecular flexibility index (Phi) is 3.89. The van der Waals surface area contributed by atoms with Crippen LogP contribution in [0.5, 0.6) is 0 Å². The molecule has 0 atom stereocenters. The molecular weight excluding hydrogens is 326 g/mol. The van der Waals surface area contributed by atoms with Crippen LogP contribution >= 0.6 is 0 Å². The van der Waals surface area contributed by atoms with Gasteiger partial charge in [0, 0.05) is 18.2 Å². The van der Waals surface area contributed by atoms with E-state index < -0.39 is 10.0 Å². The van der Waals surface area contributed by atoms with Gasteiger partial charge in [-0.15, -0.1) is 0 Å². The molecule has 2 fully saturated rings. The quantitative estimate of drug-likeness (QED) is 0.800. The normalized spacial score (nSPS) is 22.6. The molecule has 0 radical (unpaired) electrons. The van der Waals surface area contributed by atoms with Crippen LogP contribution in [0.2, 0.25) is 0 Å². The van der Waals surface area contributed by atoms with E-state index in [0.717, 1.165) is 43.6 Å². The highest BCUT2D eigenvalue weighted by Crippen LogP contribution is 2.37. The van der Waals surface area contributed by atoms with Crippen molar-refractivity contribution in [2.75, 3.05) is 44.7 Å². The highest BCUT2D eigenvalue weighted by atomic mass is 32.2. The first kappa shape index (κ1) is 16.1. The first-order valence-corrected chi connectivity index (χ1v) is 10.2. The van der Waals surface area contributed by atoms with Crippen molar-refractivity contribution < 1.29 is 18.1 Å². The lowest BCUT2D eigenvalue weighted by Gasteiger charge is -2.29. The van der Waals surface area contributed by atoms with E-state index in [2.05, 4.69) is 7.05 Å². The van der Waals surface area contributed by atoms with E-state index in [-0.39, 0.29) is 11.8 Å². The zero-order valence-electron chi connectivity index (χ0n) is 14.0. The van der Waals surface area contributed by atoms with Crippen LogP contribution in [-0.4, -0.2) is 58.4 Å². The largest absolute Gasteiger partial charge is 0.335 e. The zero-order valence-corrected chi connectivity index (χ0v) is 14.8. The highest BCUT2D eigenvalue weighted by molar-refractivity contribution is 7.89. The first-order valence-electron chi connectivity index (χ1n) is 8.72. The average Bonchev–Trinajstić information content (AvgIpc) is 3.33. The maximum absolute atomic E-state index is 12.9. The van der Waals surface area contributed by atoms with Crippen molar-refractivity contribution in [3.05, 3.63) is 23.8 Å². The Morgan fingerprint density at radius 1 is 1.17 bits per heavy atom. The number of piperazine rings is 1. The van der Waals surface area contributed by atoms with Gasteiger partial charge in [0.2, 0.25) is 15.9 Å². The van der Waals surface area contributed by atoms with Gasteiger partial charge in [-0.3, -0.25) is 4.79 Å². The van der Waals surface area contributed by atoms with Crippen LogP contribution in [0.1, 0.15) is 18.4 Å². The smallest absolute Gasteiger partial charge is 0.243 e. The molecule has 1 N–H and O–H groups in total. The summed E-state index contributed by atoms with van der Waals surface area (Å²) in [7, 11) is -1.34. The second kappa shape index (κ2) is 5.82. The van der Waals surface area contributed by atoms with Crippen LogP contribution in [-0.2, 0) is 21.2 Å².